The van der Waals surface area contributed by atoms with Gasteiger partial charge in [0.15, 0.2) is 5.82 Å². The number of ether oxygens (including phenoxy) is 1. The number of piperidine rings is 1. The summed E-state index contributed by atoms with van der Waals surface area (Å²) in [4.78, 5) is 34.1. The van der Waals surface area contributed by atoms with Gasteiger partial charge in [0.1, 0.15) is 17.3 Å². The number of urea groups is 1. The first-order chi connectivity index (χ1) is 19.0. The first-order valence-corrected chi connectivity index (χ1v) is 13.2. The van der Waals surface area contributed by atoms with Crippen LogP contribution < -0.4 is 15.0 Å². The fourth-order valence-corrected chi connectivity index (χ4v) is 5.20. The Bertz CT molecular complexity index is 1290. The molecule has 5 rings (SSSR count). The van der Waals surface area contributed by atoms with E-state index in [1.165, 1.54) is 31.2 Å². The molecule has 2 saturated heterocycles. The maximum Gasteiger partial charge on any atom is 0.412 e. The highest BCUT2D eigenvalue weighted by Gasteiger charge is 2.28. The number of aromatic nitrogens is 1. The first kappa shape index (κ1) is 26.4. The minimum atomic E-state index is -1.26. The second-order valence-corrected chi connectivity index (χ2v) is 9.84. The van der Waals surface area contributed by atoms with E-state index in [0.717, 1.165) is 42.5 Å². The maximum atomic E-state index is 15.0. The van der Waals surface area contributed by atoms with Crippen LogP contribution >= 0.6 is 0 Å². The Kier molecular flexibility index (Phi) is 8.21. The lowest BCUT2D eigenvalue weighted by Gasteiger charge is -2.36. The van der Waals surface area contributed by atoms with E-state index in [1.807, 2.05) is 6.07 Å². The summed E-state index contributed by atoms with van der Waals surface area (Å²) in [5, 5.41) is 12.5. The first-order valence-electron chi connectivity index (χ1n) is 13.2. The van der Waals surface area contributed by atoms with Crippen molar-refractivity contribution in [2.24, 2.45) is 0 Å². The topological polar surface area (TPSA) is 98.2 Å². The van der Waals surface area contributed by atoms with Crippen molar-refractivity contribution < 1.29 is 23.8 Å². The van der Waals surface area contributed by atoms with Crippen LogP contribution in [-0.2, 0) is 6.54 Å². The standard InChI is InChI=1S/C29H32FN5O4/c30-25-18-23(8-9-26(25)35(29(37)38)20-21-6-2-1-3-7-21)39-24-10-13-31-27(19-24)32-28(36)34-16-11-22(12-17-34)33-14-4-5-15-33/h1-3,6-10,13,18-19,22H,4-5,11-12,14-17,20H2,(H,37,38)(H,31,32,36). The molecule has 2 fully saturated rings. The van der Waals surface area contributed by atoms with Crippen LogP contribution in [0.2, 0.25) is 0 Å². The number of hydrogen-bond donors (Lipinski definition) is 2. The third-order valence-corrected chi connectivity index (χ3v) is 7.24. The quantitative estimate of drug-likeness (QED) is 0.399. The van der Waals surface area contributed by atoms with Gasteiger partial charge in [-0.05, 0) is 62.5 Å². The molecule has 3 amide bonds. The molecule has 0 unspecified atom stereocenters. The van der Waals surface area contributed by atoms with Gasteiger partial charge in [0.2, 0.25) is 0 Å². The lowest BCUT2D eigenvalue weighted by atomic mass is 10.0. The van der Waals surface area contributed by atoms with E-state index < -0.39 is 11.9 Å². The van der Waals surface area contributed by atoms with Gasteiger partial charge >= 0.3 is 12.1 Å². The number of carbonyl (C=O) groups excluding carboxylic acids is 1. The highest BCUT2D eigenvalue weighted by Crippen LogP contribution is 2.29. The molecule has 2 N–H and O–H groups in total. The van der Waals surface area contributed by atoms with Gasteiger partial charge in [-0.15, -0.1) is 0 Å². The average Bonchev–Trinajstić information content (AvgIpc) is 3.48. The van der Waals surface area contributed by atoms with Gasteiger partial charge in [0.05, 0.1) is 12.2 Å². The fraction of sp³-hybridized carbons (Fsp3) is 0.345. The number of pyridine rings is 1. The normalized spacial score (nSPS) is 16.2. The van der Waals surface area contributed by atoms with E-state index >= 15 is 0 Å². The maximum absolute atomic E-state index is 15.0. The van der Waals surface area contributed by atoms with Gasteiger partial charge < -0.3 is 19.6 Å². The van der Waals surface area contributed by atoms with Crippen LogP contribution in [0.15, 0.2) is 66.9 Å². The SMILES string of the molecule is O=C(Nc1cc(Oc2ccc(N(Cc3ccccc3)C(=O)O)c(F)c2)ccn1)N1CCC(N2CCCC2)CC1. The van der Waals surface area contributed by atoms with Crippen LogP contribution in [0.5, 0.6) is 11.5 Å². The van der Waals surface area contributed by atoms with Gasteiger partial charge in [-0.3, -0.25) is 10.2 Å². The summed E-state index contributed by atoms with van der Waals surface area (Å²) in [6.45, 7) is 3.73. The van der Waals surface area contributed by atoms with Crippen LogP contribution in [-0.4, -0.2) is 64.2 Å². The Morgan fingerprint density at radius 3 is 2.41 bits per heavy atom. The van der Waals surface area contributed by atoms with E-state index in [2.05, 4.69) is 15.2 Å². The van der Waals surface area contributed by atoms with Crippen LogP contribution in [0, 0.1) is 5.82 Å². The molecule has 0 atom stereocenters. The van der Waals surface area contributed by atoms with Crippen molar-refractivity contribution >= 4 is 23.6 Å². The number of carbonyl (C=O) groups is 2. The van der Waals surface area contributed by atoms with Crippen molar-refractivity contribution in [2.75, 3.05) is 36.4 Å². The number of carboxylic acid groups (broad SMARTS) is 1. The highest BCUT2D eigenvalue weighted by molar-refractivity contribution is 5.88. The number of benzene rings is 2. The molecular formula is C29H32FN5O4. The van der Waals surface area contributed by atoms with Crippen molar-refractivity contribution in [3.63, 3.8) is 0 Å². The smallest absolute Gasteiger partial charge is 0.412 e. The van der Waals surface area contributed by atoms with Crippen LogP contribution in [0.25, 0.3) is 0 Å². The molecular weight excluding hydrogens is 501 g/mol. The minimum absolute atomic E-state index is 0.0106. The molecule has 204 valence electrons. The Morgan fingerprint density at radius 1 is 1.00 bits per heavy atom. The van der Waals surface area contributed by atoms with Gasteiger partial charge in [0, 0.05) is 37.5 Å². The monoisotopic (exact) mass is 533 g/mol. The van der Waals surface area contributed by atoms with Gasteiger partial charge in [-0.25, -0.2) is 19.0 Å². The number of hydrogen-bond acceptors (Lipinski definition) is 5. The van der Waals surface area contributed by atoms with Gasteiger partial charge in [-0.2, -0.15) is 0 Å². The lowest BCUT2D eigenvalue weighted by molar-refractivity contribution is 0.140. The zero-order valence-electron chi connectivity index (χ0n) is 21.6. The van der Waals surface area contributed by atoms with Crippen molar-refractivity contribution in [1.82, 2.24) is 14.8 Å². The summed E-state index contributed by atoms with van der Waals surface area (Å²) in [5.74, 6) is 0.148. The number of anilines is 2. The molecule has 39 heavy (non-hydrogen) atoms. The summed E-state index contributed by atoms with van der Waals surface area (Å²) in [5.41, 5.74) is 0.664. The molecule has 3 heterocycles. The predicted octanol–water partition coefficient (Wildman–Crippen LogP) is 5.79. The summed E-state index contributed by atoms with van der Waals surface area (Å²) in [7, 11) is 0. The Labute approximate surface area is 226 Å². The van der Waals surface area contributed by atoms with E-state index in [1.54, 1.807) is 41.3 Å². The molecule has 2 aromatic carbocycles. The summed E-state index contributed by atoms with van der Waals surface area (Å²) >= 11 is 0. The van der Waals surface area contributed by atoms with Gasteiger partial charge in [-0.1, -0.05) is 30.3 Å². The zero-order valence-corrected chi connectivity index (χ0v) is 21.6. The second-order valence-electron chi connectivity index (χ2n) is 9.84. The molecule has 0 radical (unpaired) electrons. The number of likely N-dealkylation sites (tertiary alicyclic amines) is 2. The average molecular weight is 534 g/mol. The van der Waals surface area contributed by atoms with E-state index in [9.17, 15) is 19.1 Å². The number of nitrogens with one attached hydrogen (secondary N) is 1. The zero-order chi connectivity index (χ0) is 27.2. The summed E-state index contributed by atoms with van der Waals surface area (Å²) in [6.07, 6.45) is 4.70. The second kappa shape index (κ2) is 12.1. The van der Waals surface area contributed by atoms with Gasteiger partial charge in [0.25, 0.3) is 0 Å². The highest BCUT2D eigenvalue weighted by atomic mass is 19.1. The molecule has 2 aliphatic heterocycles. The Morgan fingerprint density at radius 2 is 1.72 bits per heavy atom. The molecule has 0 saturated carbocycles. The molecule has 10 heteroatoms. The number of rotatable bonds is 7. The fourth-order valence-electron chi connectivity index (χ4n) is 5.20. The van der Waals surface area contributed by atoms with Crippen LogP contribution in [0.4, 0.5) is 25.5 Å². The van der Waals surface area contributed by atoms with Crippen LogP contribution in [0.1, 0.15) is 31.2 Å². The minimum Gasteiger partial charge on any atom is -0.465 e. The molecule has 0 spiro atoms. The van der Waals surface area contributed by atoms with E-state index in [4.69, 9.17) is 4.74 Å². The van der Waals surface area contributed by atoms with Crippen molar-refractivity contribution in [3.8, 4) is 11.5 Å². The molecule has 2 aliphatic rings. The third-order valence-electron chi connectivity index (χ3n) is 7.24. The number of nitrogens with zero attached hydrogens (tertiary/aromatic N) is 4. The lowest BCUT2D eigenvalue weighted by Crippen LogP contribution is -2.47. The molecule has 0 bridgehead atoms. The largest absolute Gasteiger partial charge is 0.465 e. The third kappa shape index (κ3) is 6.64. The summed E-state index contributed by atoms with van der Waals surface area (Å²) < 4.78 is 20.8. The molecule has 0 aliphatic carbocycles. The summed E-state index contributed by atoms with van der Waals surface area (Å²) in [6, 6.07) is 16.5. The number of halogens is 1. The van der Waals surface area contributed by atoms with Crippen LogP contribution in [0.3, 0.4) is 0 Å². The number of amides is 3. The van der Waals surface area contributed by atoms with Crippen molar-refractivity contribution in [3.05, 3.63) is 78.2 Å². The molecule has 9 nitrogen and oxygen atoms in total. The van der Waals surface area contributed by atoms with Crippen molar-refractivity contribution in [1.29, 1.82) is 0 Å². The van der Waals surface area contributed by atoms with E-state index in [0.29, 0.717) is 30.7 Å². The van der Waals surface area contributed by atoms with Crippen molar-refractivity contribution in [2.45, 2.75) is 38.3 Å². The molecule has 1 aromatic heterocycles. The molecule has 3 aromatic rings. The van der Waals surface area contributed by atoms with E-state index in [-0.39, 0.29) is 24.0 Å². The Balaban J connectivity index is 1.19. The Hall–Kier alpha value is -4.18. The predicted molar refractivity (Wildman–Crippen MR) is 146 cm³/mol.